The minimum Gasteiger partial charge on any atom is -0.507 e. The van der Waals surface area contributed by atoms with Gasteiger partial charge in [-0.15, -0.1) is 0 Å². The number of hydrogen-bond acceptors (Lipinski definition) is 4. The molecule has 0 saturated heterocycles. The van der Waals surface area contributed by atoms with E-state index in [1.165, 1.54) is 0 Å². The molecule has 31 heavy (non-hydrogen) atoms. The lowest BCUT2D eigenvalue weighted by Gasteiger charge is -2.28. The SMILES string of the molecule is COc1ccc(CNC(=O)/C(C#N)=C\c2cc(C(C)(C)C)c(O)c(C(C)(C)C)c2)cc1. The number of carbonyl (C=O) groups is 1. The van der Waals surface area contributed by atoms with Crippen molar-refractivity contribution in [3.8, 4) is 17.6 Å². The molecule has 2 aromatic rings. The van der Waals surface area contributed by atoms with Crippen LogP contribution in [0.2, 0.25) is 0 Å². The minimum atomic E-state index is -0.444. The predicted molar refractivity (Wildman–Crippen MR) is 124 cm³/mol. The Morgan fingerprint density at radius 3 is 2.00 bits per heavy atom. The highest BCUT2D eigenvalue weighted by molar-refractivity contribution is 6.01. The van der Waals surface area contributed by atoms with Crippen molar-refractivity contribution >= 4 is 12.0 Å². The average molecular weight is 421 g/mol. The Morgan fingerprint density at radius 1 is 1.06 bits per heavy atom. The monoisotopic (exact) mass is 420 g/mol. The second-order valence-electron chi connectivity index (χ2n) is 9.67. The molecule has 0 aliphatic carbocycles. The standard InChI is InChI=1S/C26H32N2O3/c1-25(2,3)21-13-18(14-22(23(21)29)26(4,5)6)12-19(15-27)24(30)28-16-17-8-10-20(31-7)11-9-17/h8-14,29H,16H2,1-7H3,(H,28,30)/b19-12-. The van der Waals surface area contributed by atoms with Crippen molar-refractivity contribution in [1.82, 2.24) is 5.32 Å². The maximum absolute atomic E-state index is 12.6. The van der Waals surface area contributed by atoms with Gasteiger partial charge in [0.15, 0.2) is 0 Å². The van der Waals surface area contributed by atoms with Crippen LogP contribution in [0.15, 0.2) is 42.0 Å². The summed E-state index contributed by atoms with van der Waals surface area (Å²) in [6, 6.07) is 13.1. The molecular weight excluding hydrogens is 388 g/mol. The first-order valence-electron chi connectivity index (χ1n) is 10.3. The number of nitrogens with zero attached hydrogens (tertiary/aromatic N) is 1. The van der Waals surface area contributed by atoms with Gasteiger partial charge in [0.1, 0.15) is 23.1 Å². The van der Waals surface area contributed by atoms with E-state index in [2.05, 4.69) is 5.32 Å². The van der Waals surface area contributed by atoms with Crippen molar-refractivity contribution in [3.63, 3.8) is 0 Å². The fourth-order valence-electron chi connectivity index (χ4n) is 3.22. The Labute approximate surface area is 185 Å². The van der Waals surface area contributed by atoms with Crippen LogP contribution in [0.5, 0.6) is 11.5 Å². The van der Waals surface area contributed by atoms with Crippen LogP contribution in [0.25, 0.3) is 6.08 Å². The fraction of sp³-hybridized carbons (Fsp3) is 0.385. The summed E-state index contributed by atoms with van der Waals surface area (Å²) in [5.74, 6) is 0.560. The van der Waals surface area contributed by atoms with E-state index in [0.29, 0.717) is 12.1 Å². The van der Waals surface area contributed by atoms with Gasteiger partial charge in [0.25, 0.3) is 5.91 Å². The van der Waals surface area contributed by atoms with Gasteiger partial charge >= 0.3 is 0 Å². The van der Waals surface area contributed by atoms with Crippen LogP contribution in [-0.4, -0.2) is 18.1 Å². The first-order chi connectivity index (χ1) is 14.4. The number of hydrogen-bond donors (Lipinski definition) is 2. The highest BCUT2D eigenvalue weighted by Gasteiger charge is 2.26. The van der Waals surface area contributed by atoms with Crippen molar-refractivity contribution in [1.29, 1.82) is 5.26 Å². The van der Waals surface area contributed by atoms with E-state index in [1.54, 1.807) is 13.2 Å². The maximum atomic E-state index is 12.6. The average Bonchev–Trinajstić information content (AvgIpc) is 2.69. The molecule has 0 aliphatic rings. The zero-order valence-corrected chi connectivity index (χ0v) is 19.5. The number of benzene rings is 2. The number of nitrogens with one attached hydrogen (secondary N) is 1. The van der Waals surface area contributed by atoms with Gasteiger partial charge in [0.2, 0.25) is 0 Å². The smallest absolute Gasteiger partial charge is 0.262 e. The number of amides is 1. The van der Waals surface area contributed by atoms with Crippen LogP contribution < -0.4 is 10.1 Å². The van der Waals surface area contributed by atoms with Crippen molar-refractivity contribution in [2.75, 3.05) is 7.11 Å². The first kappa shape index (κ1) is 24.0. The zero-order valence-electron chi connectivity index (χ0n) is 19.5. The van der Waals surface area contributed by atoms with Gasteiger partial charge in [-0.1, -0.05) is 53.7 Å². The summed E-state index contributed by atoms with van der Waals surface area (Å²) in [5, 5.41) is 23.2. The number of ether oxygens (including phenoxy) is 1. The fourth-order valence-corrected chi connectivity index (χ4v) is 3.22. The van der Waals surface area contributed by atoms with Crippen LogP contribution in [0.4, 0.5) is 0 Å². The van der Waals surface area contributed by atoms with Crippen LogP contribution >= 0.6 is 0 Å². The predicted octanol–water partition coefficient (Wildman–Crippen LogP) is 5.22. The van der Waals surface area contributed by atoms with Crippen LogP contribution in [-0.2, 0) is 22.2 Å². The third-order valence-corrected chi connectivity index (χ3v) is 5.04. The molecule has 0 radical (unpaired) electrons. The molecule has 2 rings (SSSR count). The van der Waals surface area contributed by atoms with E-state index in [-0.39, 0.29) is 22.2 Å². The normalized spacial score (nSPS) is 12.3. The Balaban J connectivity index is 2.35. The molecule has 0 unspecified atom stereocenters. The Hall–Kier alpha value is -3.26. The van der Waals surface area contributed by atoms with Gasteiger partial charge in [-0.3, -0.25) is 4.79 Å². The van der Waals surface area contributed by atoms with Crippen molar-refractivity contribution in [2.45, 2.75) is 58.9 Å². The summed E-state index contributed by atoms with van der Waals surface area (Å²) < 4.78 is 5.13. The number of methoxy groups -OCH3 is 1. The Bertz CT molecular complexity index is 980. The summed E-state index contributed by atoms with van der Waals surface area (Å²) in [4.78, 5) is 12.6. The molecule has 5 nitrogen and oxygen atoms in total. The van der Waals surface area contributed by atoms with Crippen LogP contribution in [0.3, 0.4) is 0 Å². The molecule has 2 N–H and O–H groups in total. The number of rotatable bonds is 5. The summed E-state index contributed by atoms with van der Waals surface area (Å²) in [7, 11) is 1.60. The summed E-state index contributed by atoms with van der Waals surface area (Å²) >= 11 is 0. The second kappa shape index (κ2) is 9.26. The lowest BCUT2D eigenvalue weighted by molar-refractivity contribution is -0.117. The topological polar surface area (TPSA) is 82.3 Å². The Kier molecular flexibility index (Phi) is 7.17. The van der Waals surface area contributed by atoms with E-state index in [9.17, 15) is 15.2 Å². The quantitative estimate of drug-likeness (QED) is 0.513. The summed E-state index contributed by atoms with van der Waals surface area (Å²) in [5.41, 5.74) is 2.60. The number of carbonyl (C=O) groups excluding carboxylic acids is 1. The molecule has 0 saturated carbocycles. The number of phenols is 1. The van der Waals surface area contributed by atoms with E-state index in [0.717, 1.165) is 22.4 Å². The highest BCUT2D eigenvalue weighted by Crippen LogP contribution is 2.40. The van der Waals surface area contributed by atoms with Gasteiger partial charge in [0.05, 0.1) is 7.11 Å². The number of aromatic hydroxyl groups is 1. The molecule has 2 aromatic carbocycles. The zero-order chi connectivity index (χ0) is 23.4. The van der Waals surface area contributed by atoms with Crippen LogP contribution in [0, 0.1) is 11.3 Å². The lowest BCUT2D eigenvalue weighted by Crippen LogP contribution is -2.24. The molecule has 0 spiro atoms. The van der Waals surface area contributed by atoms with Gasteiger partial charge in [-0.05, 0) is 52.3 Å². The van der Waals surface area contributed by atoms with E-state index < -0.39 is 5.91 Å². The molecule has 0 fully saturated rings. The lowest BCUT2D eigenvalue weighted by atomic mass is 9.78. The van der Waals surface area contributed by atoms with Crippen molar-refractivity contribution in [3.05, 3.63) is 64.2 Å². The molecule has 164 valence electrons. The number of phenolic OH excluding ortho intramolecular Hbond substituents is 1. The third kappa shape index (κ3) is 6.11. The molecule has 0 aromatic heterocycles. The third-order valence-electron chi connectivity index (χ3n) is 5.04. The van der Waals surface area contributed by atoms with Gasteiger partial charge < -0.3 is 15.2 Å². The molecule has 0 bridgehead atoms. The Morgan fingerprint density at radius 2 is 1.58 bits per heavy atom. The molecular formula is C26H32N2O3. The minimum absolute atomic E-state index is 0.0129. The molecule has 0 atom stereocenters. The summed E-state index contributed by atoms with van der Waals surface area (Å²) in [6.07, 6.45) is 1.58. The van der Waals surface area contributed by atoms with Gasteiger partial charge in [-0.25, -0.2) is 0 Å². The highest BCUT2D eigenvalue weighted by atomic mass is 16.5. The summed E-state index contributed by atoms with van der Waals surface area (Å²) in [6.45, 7) is 12.4. The second-order valence-corrected chi connectivity index (χ2v) is 9.67. The van der Waals surface area contributed by atoms with Crippen LogP contribution in [0.1, 0.15) is 63.8 Å². The van der Waals surface area contributed by atoms with Gasteiger partial charge in [0, 0.05) is 17.7 Å². The van der Waals surface area contributed by atoms with Gasteiger partial charge in [-0.2, -0.15) is 5.26 Å². The van der Waals surface area contributed by atoms with E-state index >= 15 is 0 Å². The molecule has 5 heteroatoms. The van der Waals surface area contributed by atoms with E-state index in [1.807, 2.05) is 84.0 Å². The van der Waals surface area contributed by atoms with Crippen molar-refractivity contribution < 1.29 is 14.6 Å². The molecule has 0 aliphatic heterocycles. The van der Waals surface area contributed by atoms with Crippen molar-refractivity contribution in [2.24, 2.45) is 0 Å². The number of nitriles is 1. The largest absolute Gasteiger partial charge is 0.507 e. The first-order valence-corrected chi connectivity index (χ1v) is 10.3. The molecule has 0 heterocycles. The molecule has 1 amide bonds. The maximum Gasteiger partial charge on any atom is 0.262 e. The van der Waals surface area contributed by atoms with E-state index in [4.69, 9.17) is 4.74 Å².